The van der Waals surface area contributed by atoms with Crippen molar-refractivity contribution in [2.24, 2.45) is 11.1 Å². The number of nitrogens with zero attached hydrogens (tertiary/aromatic N) is 2. The van der Waals surface area contributed by atoms with E-state index in [9.17, 15) is 4.79 Å². The number of rotatable bonds is 6. The Morgan fingerprint density at radius 1 is 1.33 bits per heavy atom. The van der Waals surface area contributed by atoms with Gasteiger partial charge in [-0.2, -0.15) is 0 Å². The van der Waals surface area contributed by atoms with Crippen molar-refractivity contribution in [3.8, 4) is 11.5 Å². The Balaban J connectivity index is 1.59. The second-order valence-corrected chi connectivity index (χ2v) is 6.57. The summed E-state index contributed by atoms with van der Waals surface area (Å²) in [5.74, 6) is 2.02. The lowest BCUT2D eigenvalue weighted by molar-refractivity contribution is -0.133. The Morgan fingerprint density at radius 2 is 2.12 bits per heavy atom. The van der Waals surface area contributed by atoms with Crippen LogP contribution < -0.4 is 9.47 Å². The number of benzene rings is 1. The zero-order valence-electron chi connectivity index (χ0n) is 14.4. The number of carbonyl (C=O) groups is 1. The van der Waals surface area contributed by atoms with Gasteiger partial charge in [0.25, 0.3) is 0 Å². The first-order chi connectivity index (χ1) is 11.6. The minimum absolute atomic E-state index is 0.0958. The molecule has 1 aromatic rings. The van der Waals surface area contributed by atoms with Gasteiger partial charge >= 0.3 is 0 Å². The molecule has 2 heterocycles. The normalized spacial score (nSPS) is 18.5. The summed E-state index contributed by atoms with van der Waals surface area (Å²) < 4.78 is 10.7. The first-order valence-electron chi connectivity index (χ1n) is 8.47. The lowest BCUT2D eigenvalue weighted by Crippen LogP contribution is -2.38. The van der Waals surface area contributed by atoms with E-state index in [4.69, 9.17) is 14.3 Å². The molecule has 0 N–H and O–H groups in total. The van der Waals surface area contributed by atoms with Crippen LogP contribution in [0, 0.1) is 5.92 Å². The summed E-state index contributed by atoms with van der Waals surface area (Å²) in [6.07, 6.45) is 1.16. The molecular formula is C18H24N2O4. The Morgan fingerprint density at radius 3 is 2.88 bits per heavy atom. The van der Waals surface area contributed by atoms with Gasteiger partial charge in [0.05, 0.1) is 12.3 Å². The molecule has 1 atom stereocenters. The molecule has 0 aromatic heterocycles. The third kappa shape index (κ3) is 3.63. The highest BCUT2D eigenvalue weighted by molar-refractivity contribution is 6.01. The largest absolute Gasteiger partial charge is 0.454 e. The fourth-order valence-corrected chi connectivity index (χ4v) is 2.90. The number of ether oxygens (including phenoxy) is 2. The lowest BCUT2D eigenvalue weighted by Gasteiger charge is -2.24. The Labute approximate surface area is 142 Å². The maximum Gasteiger partial charge on any atom is 0.231 e. The monoisotopic (exact) mass is 332 g/mol. The standard InChI is InChI=1S/C18H24N2O4/c1-4-20(18(21)7-12(2)3)10-14-9-15(19-24-14)13-5-6-16-17(8-13)23-11-22-16/h5-6,8,12,14H,4,7,9-11H2,1-3H3. The zero-order chi connectivity index (χ0) is 17.1. The average molecular weight is 332 g/mol. The fraction of sp³-hybridized carbons (Fsp3) is 0.556. The van der Waals surface area contributed by atoms with Crippen molar-refractivity contribution in [2.75, 3.05) is 19.9 Å². The second-order valence-electron chi connectivity index (χ2n) is 6.57. The van der Waals surface area contributed by atoms with E-state index in [1.165, 1.54) is 0 Å². The van der Waals surface area contributed by atoms with Crippen LogP contribution in [0.3, 0.4) is 0 Å². The van der Waals surface area contributed by atoms with Crippen molar-refractivity contribution in [2.45, 2.75) is 39.7 Å². The van der Waals surface area contributed by atoms with Crippen LogP contribution in [-0.2, 0) is 9.63 Å². The third-order valence-corrected chi connectivity index (χ3v) is 4.18. The predicted octanol–water partition coefficient (Wildman–Crippen LogP) is 2.80. The molecule has 2 aliphatic rings. The third-order valence-electron chi connectivity index (χ3n) is 4.18. The molecule has 6 heteroatoms. The molecule has 1 amide bonds. The van der Waals surface area contributed by atoms with E-state index in [1.807, 2.05) is 30.0 Å². The number of hydrogen-bond acceptors (Lipinski definition) is 5. The molecule has 0 fully saturated rings. The summed E-state index contributed by atoms with van der Waals surface area (Å²) in [7, 11) is 0. The Hall–Kier alpha value is -2.24. The molecular weight excluding hydrogens is 308 g/mol. The summed E-state index contributed by atoms with van der Waals surface area (Å²) in [6.45, 7) is 7.61. The maximum absolute atomic E-state index is 12.3. The van der Waals surface area contributed by atoms with E-state index in [1.54, 1.807) is 0 Å². The molecule has 0 bridgehead atoms. The highest BCUT2D eigenvalue weighted by atomic mass is 16.7. The van der Waals surface area contributed by atoms with Gasteiger partial charge < -0.3 is 19.2 Å². The van der Waals surface area contributed by atoms with E-state index >= 15 is 0 Å². The second kappa shape index (κ2) is 7.11. The number of amides is 1. The molecule has 1 unspecified atom stereocenters. The van der Waals surface area contributed by atoms with Crippen LogP contribution in [0.5, 0.6) is 11.5 Å². The van der Waals surface area contributed by atoms with Crippen LogP contribution >= 0.6 is 0 Å². The summed E-state index contributed by atoms with van der Waals surface area (Å²) in [6, 6.07) is 5.77. The molecule has 0 spiro atoms. The number of likely N-dealkylation sites (N-methyl/N-ethyl adjacent to an activating group) is 1. The topological polar surface area (TPSA) is 60.4 Å². The molecule has 0 saturated heterocycles. The minimum Gasteiger partial charge on any atom is -0.454 e. The molecule has 130 valence electrons. The Bertz CT molecular complexity index is 642. The van der Waals surface area contributed by atoms with E-state index in [2.05, 4.69) is 19.0 Å². The first-order valence-corrected chi connectivity index (χ1v) is 8.47. The average Bonchev–Trinajstić information content (AvgIpc) is 3.20. The van der Waals surface area contributed by atoms with Gasteiger partial charge in [0, 0.05) is 24.9 Å². The molecule has 0 radical (unpaired) electrons. The van der Waals surface area contributed by atoms with Crippen LogP contribution in [0.25, 0.3) is 0 Å². The summed E-state index contributed by atoms with van der Waals surface area (Å²) >= 11 is 0. The first kappa shape index (κ1) is 16.6. The van der Waals surface area contributed by atoms with Crippen molar-refractivity contribution in [1.82, 2.24) is 4.90 Å². The van der Waals surface area contributed by atoms with Crippen molar-refractivity contribution in [3.05, 3.63) is 23.8 Å². The smallest absolute Gasteiger partial charge is 0.231 e. The predicted molar refractivity (Wildman–Crippen MR) is 90.3 cm³/mol. The Kier molecular flexibility index (Phi) is 4.92. The van der Waals surface area contributed by atoms with Crippen LogP contribution in [0.1, 0.15) is 39.2 Å². The van der Waals surface area contributed by atoms with Crippen molar-refractivity contribution in [1.29, 1.82) is 0 Å². The van der Waals surface area contributed by atoms with Crippen LogP contribution in [0.4, 0.5) is 0 Å². The SMILES string of the molecule is CCN(CC1CC(c2ccc3c(c2)OCO3)=NO1)C(=O)CC(C)C. The number of hydrogen-bond donors (Lipinski definition) is 0. The number of fused-ring (bicyclic) bond motifs is 1. The van der Waals surface area contributed by atoms with Gasteiger partial charge in [-0.25, -0.2) is 0 Å². The molecule has 3 rings (SSSR count). The van der Waals surface area contributed by atoms with Gasteiger partial charge in [-0.1, -0.05) is 19.0 Å². The maximum atomic E-state index is 12.3. The number of oxime groups is 1. The highest BCUT2D eigenvalue weighted by Crippen LogP contribution is 2.33. The van der Waals surface area contributed by atoms with Gasteiger partial charge in [0.15, 0.2) is 17.6 Å². The van der Waals surface area contributed by atoms with Gasteiger partial charge in [-0.3, -0.25) is 4.79 Å². The fourth-order valence-electron chi connectivity index (χ4n) is 2.90. The number of carbonyl (C=O) groups excluding carboxylic acids is 1. The summed E-state index contributed by atoms with van der Waals surface area (Å²) in [5.41, 5.74) is 1.85. The zero-order valence-corrected chi connectivity index (χ0v) is 14.4. The van der Waals surface area contributed by atoms with Crippen LogP contribution in [0.2, 0.25) is 0 Å². The van der Waals surface area contributed by atoms with Gasteiger partial charge in [-0.15, -0.1) is 0 Å². The van der Waals surface area contributed by atoms with Gasteiger partial charge in [-0.05, 0) is 31.0 Å². The highest BCUT2D eigenvalue weighted by Gasteiger charge is 2.27. The van der Waals surface area contributed by atoms with Crippen LogP contribution in [-0.4, -0.2) is 42.5 Å². The molecule has 0 aliphatic carbocycles. The molecule has 0 saturated carbocycles. The van der Waals surface area contributed by atoms with E-state index in [-0.39, 0.29) is 18.8 Å². The molecule has 6 nitrogen and oxygen atoms in total. The molecule has 1 aromatic carbocycles. The van der Waals surface area contributed by atoms with E-state index < -0.39 is 0 Å². The summed E-state index contributed by atoms with van der Waals surface area (Å²) in [4.78, 5) is 19.7. The van der Waals surface area contributed by atoms with Crippen molar-refractivity contribution >= 4 is 11.6 Å². The minimum atomic E-state index is -0.0958. The van der Waals surface area contributed by atoms with Crippen LogP contribution in [0.15, 0.2) is 23.4 Å². The van der Waals surface area contributed by atoms with Crippen molar-refractivity contribution in [3.63, 3.8) is 0 Å². The quantitative estimate of drug-likeness (QED) is 0.804. The molecule has 24 heavy (non-hydrogen) atoms. The van der Waals surface area contributed by atoms with E-state index in [0.29, 0.717) is 31.8 Å². The lowest BCUT2D eigenvalue weighted by atomic mass is 10.0. The van der Waals surface area contributed by atoms with Crippen molar-refractivity contribution < 1.29 is 19.1 Å². The van der Waals surface area contributed by atoms with Gasteiger partial charge in [0.1, 0.15) is 0 Å². The van der Waals surface area contributed by atoms with Gasteiger partial charge in [0.2, 0.25) is 12.7 Å². The molecule has 2 aliphatic heterocycles. The summed E-state index contributed by atoms with van der Waals surface area (Å²) in [5, 5.41) is 4.20. The van der Waals surface area contributed by atoms with E-state index in [0.717, 1.165) is 22.8 Å².